The minimum Gasteiger partial charge on any atom is -0.469 e. The van der Waals surface area contributed by atoms with Crippen LogP contribution < -0.4 is 11.1 Å². The number of aromatic nitrogens is 3. The third-order valence-corrected chi connectivity index (χ3v) is 3.97. The second-order valence-corrected chi connectivity index (χ2v) is 5.68. The Bertz CT molecular complexity index is 678. The zero-order valence-corrected chi connectivity index (χ0v) is 12.6. The fraction of sp³-hybridized carbons (Fsp3) is 0.333. The zero-order valence-electron chi connectivity index (χ0n) is 11.8. The summed E-state index contributed by atoms with van der Waals surface area (Å²) in [6.07, 6.45) is 1.58. The molecule has 2 heterocycles. The standard InChI is InChI=1S/C12H15N5O3S/c1-6-8(4-5-20-6)9-15-16-12(17(9)3)21-7(2)10(18)14-11(13)19/h4-5,7H,1-3H3,(H3,13,14,18,19)/t7-/m0/s1. The van der Waals surface area contributed by atoms with Gasteiger partial charge in [0.05, 0.1) is 17.1 Å². The van der Waals surface area contributed by atoms with Crippen molar-refractivity contribution in [3.05, 3.63) is 18.1 Å². The Morgan fingerprint density at radius 3 is 2.76 bits per heavy atom. The SMILES string of the molecule is Cc1occc1-c1nnc(S[C@@H](C)C(=O)NC(N)=O)n1C. The first-order valence-electron chi connectivity index (χ1n) is 6.11. The molecule has 0 saturated carbocycles. The highest BCUT2D eigenvalue weighted by molar-refractivity contribution is 8.00. The number of carbonyl (C=O) groups excluding carboxylic acids is 2. The van der Waals surface area contributed by atoms with E-state index in [9.17, 15) is 9.59 Å². The fourth-order valence-electron chi connectivity index (χ4n) is 1.70. The molecule has 21 heavy (non-hydrogen) atoms. The summed E-state index contributed by atoms with van der Waals surface area (Å²) in [5.41, 5.74) is 5.75. The van der Waals surface area contributed by atoms with Crippen molar-refractivity contribution in [1.82, 2.24) is 20.1 Å². The topological polar surface area (TPSA) is 116 Å². The Balaban J connectivity index is 2.16. The number of hydrogen-bond donors (Lipinski definition) is 2. The molecule has 2 aromatic heterocycles. The average Bonchev–Trinajstić information content (AvgIpc) is 2.96. The van der Waals surface area contributed by atoms with Gasteiger partial charge in [0.1, 0.15) is 5.76 Å². The summed E-state index contributed by atoms with van der Waals surface area (Å²) in [7, 11) is 1.79. The van der Waals surface area contributed by atoms with Crippen LogP contribution in [0.15, 0.2) is 21.9 Å². The van der Waals surface area contributed by atoms with Crippen molar-refractivity contribution in [2.75, 3.05) is 0 Å². The quantitative estimate of drug-likeness (QED) is 0.816. The summed E-state index contributed by atoms with van der Waals surface area (Å²) in [6, 6.07) is 0.928. The van der Waals surface area contributed by atoms with Crippen LogP contribution >= 0.6 is 11.8 Å². The molecule has 0 aliphatic rings. The third-order valence-electron chi connectivity index (χ3n) is 2.83. The van der Waals surface area contributed by atoms with Crippen LogP contribution in [0.1, 0.15) is 12.7 Å². The van der Waals surface area contributed by atoms with E-state index in [1.54, 1.807) is 30.9 Å². The maximum Gasteiger partial charge on any atom is 0.318 e. The predicted octanol–water partition coefficient (Wildman–Crippen LogP) is 1.06. The summed E-state index contributed by atoms with van der Waals surface area (Å²) in [6.45, 7) is 3.49. The number of hydrogen-bond acceptors (Lipinski definition) is 6. The van der Waals surface area contributed by atoms with Crippen molar-refractivity contribution in [2.24, 2.45) is 12.8 Å². The highest BCUT2D eigenvalue weighted by Crippen LogP contribution is 2.27. The Kier molecular flexibility index (Phi) is 4.32. The molecule has 0 unspecified atom stereocenters. The first-order chi connectivity index (χ1) is 9.90. The molecule has 8 nitrogen and oxygen atoms in total. The molecule has 9 heteroatoms. The van der Waals surface area contributed by atoms with Gasteiger partial charge in [-0.15, -0.1) is 10.2 Å². The van der Waals surface area contributed by atoms with Gasteiger partial charge in [0.15, 0.2) is 11.0 Å². The number of imide groups is 1. The van der Waals surface area contributed by atoms with Gasteiger partial charge >= 0.3 is 6.03 Å². The number of thioether (sulfide) groups is 1. The second kappa shape index (κ2) is 6.00. The summed E-state index contributed by atoms with van der Waals surface area (Å²) in [5, 5.41) is 10.2. The molecule has 0 aliphatic carbocycles. The first-order valence-corrected chi connectivity index (χ1v) is 6.99. The lowest BCUT2D eigenvalue weighted by Gasteiger charge is -2.09. The number of amides is 3. The lowest BCUT2D eigenvalue weighted by molar-refractivity contribution is -0.119. The van der Waals surface area contributed by atoms with Gasteiger partial charge in [-0.1, -0.05) is 11.8 Å². The molecule has 0 fully saturated rings. The summed E-state index contributed by atoms with van der Waals surface area (Å²) in [5.74, 6) is 0.907. The monoisotopic (exact) mass is 309 g/mol. The Morgan fingerprint density at radius 1 is 1.48 bits per heavy atom. The number of aryl methyl sites for hydroxylation is 1. The van der Waals surface area contributed by atoms with E-state index >= 15 is 0 Å². The second-order valence-electron chi connectivity index (χ2n) is 4.37. The van der Waals surface area contributed by atoms with Crippen molar-refractivity contribution in [3.8, 4) is 11.4 Å². The predicted molar refractivity (Wildman–Crippen MR) is 76.5 cm³/mol. The number of carbonyl (C=O) groups is 2. The molecule has 0 spiro atoms. The van der Waals surface area contributed by atoms with Gasteiger partial charge in [-0.25, -0.2) is 4.79 Å². The minimum atomic E-state index is -0.875. The molecule has 1 atom stereocenters. The van der Waals surface area contributed by atoms with Crippen molar-refractivity contribution in [3.63, 3.8) is 0 Å². The number of nitrogens with two attached hydrogens (primary N) is 1. The van der Waals surface area contributed by atoms with Gasteiger partial charge < -0.3 is 14.7 Å². The van der Waals surface area contributed by atoms with Gasteiger partial charge in [-0.2, -0.15) is 0 Å². The Morgan fingerprint density at radius 2 is 2.19 bits per heavy atom. The minimum absolute atomic E-state index is 0.475. The fourth-order valence-corrected chi connectivity index (χ4v) is 2.52. The van der Waals surface area contributed by atoms with Crippen LogP contribution in [-0.4, -0.2) is 32.0 Å². The van der Waals surface area contributed by atoms with E-state index in [-0.39, 0.29) is 0 Å². The molecular weight excluding hydrogens is 294 g/mol. The van der Waals surface area contributed by atoms with Crippen molar-refractivity contribution < 1.29 is 14.0 Å². The molecular formula is C12H15N5O3S. The Hall–Kier alpha value is -2.29. The largest absolute Gasteiger partial charge is 0.469 e. The molecule has 0 radical (unpaired) electrons. The molecule has 3 amide bonds. The first kappa shape index (κ1) is 15.1. The van der Waals surface area contributed by atoms with Crippen LogP contribution in [0.4, 0.5) is 4.79 Å². The maximum atomic E-state index is 11.7. The van der Waals surface area contributed by atoms with Gasteiger partial charge in [-0.3, -0.25) is 10.1 Å². The van der Waals surface area contributed by atoms with Gasteiger partial charge in [0.25, 0.3) is 0 Å². The van der Waals surface area contributed by atoms with Crippen molar-refractivity contribution in [1.29, 1.82) is 0 Å². The van der Waals surface area contributed by atoms with Crippen molar-refractivity contribution in [2.45, 2.75) is 24.3 Å². The summed E-state index contributed by atoms with van der Waals surface area (Å²) >= 11 is 1.18. The molecule has 2 rings (SSSR count). The number of urea groups is 1. The van der Waals surface area contributed by atoms with Gasteiger partial charge in [0.2, 0.25) is 5.91 Å². The van der Waals surface area contributed by atoms with Crippen LogP contribution in [0.25, 0.3) is 11.4 Å². The van der Waals surface area contributed by atoms with E-state index < -0.39 is 17.2 Å². The molecule has 2 aromatic rings. The number of furan rings is 1. The zero-order chi connectivity index (χ0) is 15.6. The van der Waals surface area contributed by atoms with Crippen LogP contribution in [-0.2, 0) is 11.8 Å². The lowest BCUT2D eigenvalue weighted by atomic mass is 10.2. The van der Waals surface area contributed by atoms with Gasteiger partial charge in [-0.05, 0) is 19.9 Å². The third kappa shape index (κ3) is 3.24. The highest BCUT2D eigenvalue weighted by atomic mass is 32.2. The smallest absolute Gasteiger partial charge is 0.318 e. The highest BCUT2D eigenvalue weighted by Gasteiger charge is 2.21. The van der Waals surface area contributed by atoms with E-state index in [1.165, 1.54) is 11.8 Å². The summed E-state index contributed by atoms with van der Waals surface area (Å²) < 4.78 is 7.00. The number of rotatable bonds is 4. The number of nitrogens with zero attached hydrogens (tertiary/aromatic N) is 3. The molecule has 0 aromatic carbocycles. The maximum absolute atomic E-state index is 11.7. The van der Waals surface area contributed by atoms with Crippen LogP contribution in [0.3, 0.4) is 0 Å². The van der Waals surface area contributed by atoms with Crippen molar-refractivity contribution >= 4 is 23.7 Å². The average molecular weight is 309 g/mol. The Labute approximate surface area is 125 Å². The number of primary amides is 1. The molecule has 112 valence electrons. The van der Waals surface area contributed by atoms with E-state index in [0.717, 1.165) is 11.3 Å². The summed E-state index contributed by atoms with van der Waals surface area (Å²) in [4.78, 5) is 22.3. The molecule has 0 saturated heterocycles. The normalized spacial score (nSPS) is 12.1. The van der Waals surface area contributed by atoms with Crippen LogP contribution in [0.2, 0.25) is 0 Å². The van der Waals surface area contributed by atoms with Crippen LogP contribution in [0, 0.1) is 6.92 Å². The van der Waals surface area contributed by atoms with Gasteiger partial charge in [0, 0.05) is 7.05 Å². The van der Waals surface area contributed by atoms with E-state index in [4.69, 9.17) is 10.2 Å². The molecule has 0 aliphatic heterocycles. The molecule has 3 N–H and O–H groups in total. The lowest BCUT2D eigenvalue weighted by Crippen LogP contribution is -2.39. The van der Waals surface area contributed by atoms with E-state index in [1.807, 2.05) is 12.2 Å². The van der Waals surface area contributed by atoms with E-state index in [2.05, 4.69) is 10.2 Å². The number of nitrogens with one attached hydrogen (secondary N) is 1. The van der Waals surface area contributed by atoms with Crippen LogP contribution in [0.5, 0.6) is 0 Å². The van der Waals surface area contributed by atoms with E-state index in [0.29, 0.717) is 11.0 Å². The molecule has 0 bridgehead atoms.